The van der Waals surface area contributed by atoms with Gasteiger partial charge in [0, 0.05) is 12.8 Å². The lowest BCUT2D eigenvalue weighted by molar-refractivity contribution is 0.0500. The molecule has 0 N–H and O–H groups in total. The highest BCUT2D eigenvalue weighted by Gasteiger charge is 2.21. The van der Waals surface area contributed by atoms with E-state index in [1.807, 2.05) is 72.8 Å². The van der Waals surface area contributed by atoms with E-state index in [-0.39, 0.29) is 18.8 Å². The van der Waals surface area contributed by atoms with Gasteiger partial charge in [0.05, 0.1) is 69.3 Å². The van der Waals surface area contributed by atoms with Gasteiger partial charge in [-0.15, -0.1) is 0 Å². The lowest BCUT2D eigenvalue weighted by Gasteiger charge is -2.12. The summed E-state index contributed by atoms with van der Waals surface area (Å²) in [4.78, 5) is 70.8. The number of ether oxygens (including phenoxy) is 3. The molecular formula is C61H40N6O6. The first-order valence-corrected chi connectivity index (χ1v) is 23.7. The molecule has 350 valence electrons. The lowest BCUT2D eigenvalue weighted by atomic mass is 10.0. The average Bonchev–Trinajstić information content (AvgIpc) is 3.43. The summed E-state index contributed by atoms with van der Waals surface area (Å²) in [6.45, 7) is 4.40. The first kappa shape index (κ1) is 44.4. The molecule has 0 aliphatic carbocycles. The summed E-state index contributed by atoms with van der Waals surface area (Å²) in [5.41, 5.74) is 7.95. The van der Waals surface area contributed by atoms with E-state index in [4.69, 9.17) is 44.1 Å². The molecule has 0 unspecified atom stereocenters. The molecular weight excluding hydrogens is 913 g/mol. The van der Waals surface area contributed by atoms with Gasteiger partial charge in [-0.25, -0.2) is 44.3 Å². The van der Waals surface area contributed by atoms with E-state index in [1.54, 1.807) is 66.7 Å². The molecule has 12 nitrogen and oxygen atoms in total. The third kappa shape index (κ3) is 8.67. The smallest absolute Gasteiger partial charge is 0.343 e. The quantitative estimate of drug-likeness (QED) is 0.0398. The van der Waals surface area contributed by atoms with Gasteiger partial charge in [0.1, 0.15) is 33.1 Å². The Morgan fingerprint density at radius 1 is 0.425 bits per heavy atom. The number of fused-ring (bicyclic) bond motifs is 11. The third-order valence-electron chi connectivity index (χ3n) is 12.9. The highest BCUT2D eigenvalue weighted by molar-refractivity contribution is 6.21. The van der Waals surface area contributed by atoms with E-state index in [1.165, 1.54) is 6.26 Å². The third-order valence-corrected chi connectivity index (χ3v) is 12.9. The standard InChI is InChI=1S/C61H40N6O6/c1-36-11-2-3-12-37(36)19-10-30-71-59(68)42-22-25-49-50(33-42)67-58-55(64-49)56-53(62-47-26-23-43(34-51(47)65-56)60(69)72-31-28-40-17-8-15-38-13-4-6-20-45(38)40)54-57(58)66-52-35-44(24-27-48(52)63-54)61(70)73-32-29-41-18-9-16-39-14-5-7-21-46(39)41/h2-27,30,33-35H,1,28-29,31-32H2/b30-10-,37-19-. The molecule has 0 spiro atoms. The highest BCUT2D eigenvalue weighted by atomic mass is 16.5. The van der Waals surface area contributed by atoms with Crippen LogP contribution in [0.25, 0.3) is 100 Å². The molecule has 0 amide bonds. The maximum absolute atomic E-state index is 13.5. The minimum absolute atomic E-state index is 0.185. The number of carbonyl (C=O) groups is 3. The number of hydrogen-bond acceptors (Lipinski definition) is 12. The number of aromatic nitrogens is 6. The van der Waals surface area contributed by atoms with Gasteiger partial charge >= 0.3 is 17.9 Å². The van der Waals surface area contributed by atoms with Gasteiger partial charge in [0.15, 0.2) is 0 Å². The zero-order valence-electron chi connectivity index (χ0n) is 39.0. The van der Waals surface area contributed by atoms with E-state index in [0.29, 0.717) is 90.2 Å². The van der Waals surface area contributed by atoms with Gasteiger partial charge in [-0.3, -0.25) is 0 Å². The molecule has 9 aromatic carbocycles. The molecule has 0 aliphatic heterocycles. The molecule has 12 aromatic rings. The number of nitrogens with zero attached hydrogens (tertiary/aromatic N) is 6. The molecule has 0 aliphatic rings. The topological polar surface area (TPSA) is 156 Å². The maximum atomic E-state index is 13.5. The fourth-order valence-electron chi connectivity index (χ4n) is 9.24. The molecule has 0 bridgehead atoms. The number of hydrogen-bond donors (Lipinski definition) is 0. The van der Waals surface area contributed by atoms with Crippen LogP contribution in [-0.2, 0) is 27.1 Å². The van der Waals surface area contributed by atoms with E-state index in [9.17, 15) is 14.4 Å². The maximum Gasteiger partial charge on any atom is 0.343 e. The zero-order valence-corrected chi connectivity index (χ0v) is 39.0. The molecule has 3 aromatic heterocycles. The second-order valence-electron chi connectivity index (χ2n) is 17.5. The summed E-state index contributed by atoms with van der Waals surface area (Å²) in [6.07, 6.45) is 5.86. The Hall–Kier alpha value is -9.81. The summed E-state index contributed by atoms with van der Waals surface area (Å²) in [7, 11) is 0. The van der Waals surface area contributed by atoms with Crippen LogP contribution >= 0.6 is 0 Å². The van der Waals surface area contributed by atoms with Gasteiger partial charge in [0.2, 0.25) is 0 Å². The second kappa shape index (κ2) is 18.8. The number of rotatable bonds is 11. The molecule has 0 fully saturated rings. The van der Waals surface area contributed by atoms with Crippen LogP contribution in [0.5, 0.6) is 0 Å². The van der Waals surface area contributed by atoms with Crippen molar-refractivity contribution in [3.63, 3.8) is 0 Å². The van der Waals surface area contributed by atoms with Crippen LogP contribution in [0.2, 0.25) is 0 Å². The van der Waals surface area contributed by atoms with Gasteiger partial charge in [-0.2, -0.15) is 0 Å². The zero-order chi connectivity index (χ0) is 49.4. The summed E-state index contributed by atoms with van der Waals surface area (Å²) < 4.78 is 17.1. The van der Waals surface area contributed by atoms with E-state index >= 15 is 0 Å². The van der Waals surface area contributed by atoms with Crippen LogP contribution in [-0.4, -0.2) is 61.0 Å². The average molecular weight is 953 g/mol. The van der Waals surface area contributed by atoms with Crippen molar-refractivity contribution in [1.29, 1.82) is 0 Å². The van der Waals surface area contributed by atoms with Crippen molar-refractivity contribution < 1.29 is 28.6 Å². The summed E-state index contributed by atoms with van der Waals surface area (Å²) in [6, 6.07) is 51.1. The predicted molar refractivity (Wildman–Crippen MR) is 284 cm³/mol. The highest BCUT2D eigenvalue weighted by Crippen LogP contribution is 2.34. The molecule has 0 radical (unpaired) electrons. The molecule has 73 heavy (non-hydrogen) atoms. The monoisotopic (exact) mass is 952 g/mol. The van der Waals surface area contributed by atoms with Crippen LogP contribution in [0.4, 0.5) is 0 Å². The normalized spacial score (nSPS) is 12.0. The van der Waals surface area contributed by atoms with Crippen LogP contribution in [0, 0.1) is 0 Å². The van der Waals surface area contributed by atoms with E-state index < -0.39 is 17.9 Å². The first-order valence-electron chi connectivity index (χ1n) is 23.7. The van der Waals surface area contributed by atoms with Gasteiger partial charge in [-0.05, 0) is 104 Å². The largest absolute Gasteiger partial charge is 0.462 e. The van der Waals surface area contributed by atoms with E-state index in [2.05, 4.69) is 43.0 Å². The predicted octanol–water partition coefficient (Wildman–Crippen LogP) is 10.6. The second-order valence-corrected chi connectivity index (χ2v) is 17.5. The van der Waals surface area contributed by atoms with Crippen molar-refractivity contribution in [3.8, 4) is 0 Å². The molecule has 12 rings (SSSR count). The Labute approximate surface area is 415 Å². The Bertz CT molecular complexity index is 4410. The fraction of sp³-hybridized carbons (Fsp3) is 0.0656. The Balaban J connectivity index is 0.906. The molecule has 0 saturated heterocycles. The molecule has 0 atom stereocenters. The summed E-state index contributed by atoms with van der Waals surface area (Å²) in [5, 5.41) is 6.22. The minimum Gasteiger partial charge on any atom is -0.462 e. The van der Waals surface area contributed by atoms with Crippen molar-refractivity contribution in [2.75, 3.05) is 13.2 Å². The van der Waals surface area contributed by atoms with Crippen LogP contribution < -0.4 is 10.4 Å². The van der Waals surface area contributed by atoms with Crippen LogP contribution in [0.1, 0.15) is 42.2 Å². The van der Waals surface area contributed by atoms with Gasteiger partial charge in [-0.1, -0.05) is 122 Å². The summed E-state index contributed by atoms with van der Waals surface area (Å²) in [5.74, 6) is -1.58. The van der Waals surface area contributed by atoms with Crippen molar-refractivity contribution in [1.82, 2.24) is 29.9 Å². The Morgan fingerprint density at radius 2 is 0.822 bits per heavy atom. The first-order chi connectivity index (χ1) is 35.8. The van der Waals surface area contributed by atoms with Crippen molar-refractivity contribution in [3.05, 3.63) is 214 Å². The van der Waals surface area contributed by atoms with Gasteiger partial charge in [0.25, 0.3) is 0 Å². The fourth-order valence-corrected chi connectivity index (χ4v) is 9.24. The van der Waals surface area contributed by atoms with Crippen molar-refractivity contribution in [2.45, 2.75) is 12.8 Å². The van der Waals surface area contributed by atoms with E-state index in [0.717, 1.165) is 43.1 Å². The number of benzene rings is 9. The minimum atomic E-state index is -0.595. The molecule has 0 saturated carbocycles. The molecule has 3 heterocycles. The lowest BCUT2D eigenvalue weighted by Crippen LogP contribution is -2.21. The van der Waals surface area contributed by atoms with Crippen LogP contribution in [0.15, 0.2) is 176 Å². The Morgan fingerprint density at radius 3 is 1.29 bits per heavy atom. The SMILES string of the molecule is C=c1cccc/c1=C/C=C\OC(=O)c1ccc2nc3c(nc2c1)c1nc2cc(C(=O)OCCc4cccc5ccccc45)ccc2nc1c1nc2ccc(C(=O)OCCc4cccc5ccccc45)cc2nc31. The van der Waals surface area contributed by atoms with Crippen molar-refractivity contribution >= 4 is 118 Å². The Kier molecular flexibility index (Phi) is 11.5. The summed E-state index contributed by atoms with van der Waals surface area (Å²) >= 11 is 0. The number of allylic oxidation sites excluding steroid dienone is 1. The molecule has 12 heteroatoms. The van der Waals surface area contributed by atoms with Crippen molar-refractivity contribution in [2.24, 2.45) is 0 Å². The van der Waals surface area contributed by atoms with Gasteiger partial charge < -0.3 is 14.2 Å². The number of esters is 3. The van der Waals surface area contributed by atoms with Crippen LogP contribution in [0.3, 0.4) is 0 Å². The number of carbonyl (C=O) groups excluding carboxylic acids is 3.